The smallest absolute Gasteiger partial charge is 0.351 e. The molecule has 3 atom stereocenters. The van der Waals surface area contributed by atoms with Crippen LogP contribution >= 0.6 is 0 Å². The Bertz CT molecular complexity index is 605. The van der Waals surface area contributed by atoms with E-state index in [0.717, 1.165) is 10.8 Å². The minimum atomic E-state index is -1.89. The maximum absolute atomic E-state index is 13.8. The number of hydrogen-bond donors (Lipinski definition) is 2. The minimum absolute atomic E-state index is 0.0113. The Labute approximate surface area is 117 Å². The van der Waals surface area contributed by atoms with Crippen molar-refractivity contribution < 1.29 is 23.0 Å². The lowest BCUT2D eigenvalue weighted by Crippen LogP contribution is -2.29. The zero-order chi connectivity index (χ0) is 15.6. The van der Waals surface area contributed by atoms with Crippen molar-refractivity contribution >= 4 is 5.82 Å². The van der Waals surface area contributed by atoms with Crippen LogP contribution < -0.4 is 11.4 Å². The second-order valence-electron chi connectivity index (χ2n) is 4.50. The van der Waals surface area contributed by atoms with Gasteiger partial charge in [0.1, 0.15) is 11.9 Å². The first-order valence-corrected chi connectivity index (χ1v) is 6.17. The van der Waals surface area contributed by atoms with Crippen molar-refractivity contribution in [3.63, 3.8) is 0 Å². The predicted molar refractivity (Wildman–Crippen MR) is 67.7 cm³/mol. The number of anilines is 1. The highest BCUT2D eigenvalue weighted by atomic mass is 19.1. The van der Waals surface area contributed by atoms with Crippen molar-refractivity contribution in [1.29, 1.82) is 0 Å². The number of halogens is 3. The fourth-order valence-electron chi connectivity index (χ4n) is 2.12. The third-order valence-electron chi connectivity index (χ3n) is 3.22. The molecule has 0 saturated carbocycles. The van der Waals surface area contributed by atoms with Crippen LogP contribution in [0.5, 0.6) is 0 Å². The van der Waals surface area contributed by atoms with Gasteiger partial charge < -0.3 is 15.6 Å². The summed E-state index contributed by atoms with van der Waals surface area (Å²) < 4.78 is 45.1. The van der Waals surface area contributed by atoms with E-state index in [4.69, 9.17) is 15.6 Å². The molecule has 1 saturated heterocycles. The summed E-state index contributed by atoms with van der Waals surface area (Å²) in [4.78, 5) is 15.3. The summed E-state index contributed by atoms with van der Waals surface area (Å²) in [5.74, 6) is -0.145. The van der Waals surface area contributed by atoms with Gasteiger partial charge in [-0.25, -0.2) is 13.6 Å². The number of aryl methyl sites for hydroxylation is 1. The molecule has 116 valence electrons. The highest BCUT2D eigenvalue weighted by Crippen LogP contribution is 2.35. The minimum Gasteiger partial charge on any atom is -0.394 e. The van der Waals surface area contributed by atoms with Crippen LogP contribution in [0.15, 0.2) is 22.9 Å². The summed E-state index contributed by atoms with van der Waals surface area (Å²) in [6.07, 6.45) is -3.51. The van der Waals surface area contributed by atoms with Gasteiger partial charge in [-0.05, 0) is 0 Å². The first kappa shape index (κ1) is 15.5. The molecule has 1 aliphatic heterocycles. The molecule has 0 radical (unpaired) electrons. The van der Waals surface area contributed by atoms with E-state index in [9.17, 15) is 18.0 Å². The van der Waals surface area contributed by atoms with E-state index < -0.39 is 43.0 Å². The number of aliphatic hydroxyl groups is 1. The van der Waals surface area contributed by atoms with Gasteiger partial charge in [-0.3, -0.25) is 8.96 Å². The molecular formula is C12H14F3N3O3. The van der Waals surface area contributed by atoms with Gasteiger partial charge in [-0.2, -0.15) is 4.98 Å². The van der Waals surface area contributed by atoms with Crippen molar-refractivity contribution in [3.8, 4) is 0 Å². The van der Waals surface area contributed by atoms with Gasteiger partial charge in [-0.15, -0.1) is 0 Å². The first-order valence-electron chi connectivity index (χ1n) is 6.17. The SMILES string of the molecule is Nc1nc(=O)n(C2OC(CO)C(F)C2=CF)cc1CCF. The maximum Gasteiger partial charge on any atom is 0.351 e. The fourth-order valence-corrected chi connectivity index (χ4v) is 2.12. The molecule has 1 aromatic heterocycles. The Morgan fingerprint density at radius 2 is 2.29 bits per heavy atom. The predicted octanol–water partition coefficient (Wildman–Crippen LogP) is 0.419. The van der Waals surface area contributed by atoms with Crippen LogP contribution in [0.1, 0.15) is 11.8 Å². The van der Waals surface area contributed by atoms with Gasteiger partial charge in [0.25, 0.3) is 0 Å². The number of nitrogens with two attached hydrogens (primary N) is 1. The zero-order valence-corrected chi connectivity index (χ0v) is 10.9. The summed E-state index contributed by atoms with van der Waals surface area (Å²) >= 11 is 0. The Morgan fingerprint density at radius 3 is 2.86 bits per heavy atom. The van der Waals surface area contributed by atoms with Crippen LogP contribution in [-0.4, -0.2) is 40.2 Å². The number of rotatable bonds is 4. The van der Waals surface area contributed by atoms with Gasteiger partial charge in [-0.1, -0.05) is 0 Å². The lowest BCUT2D eigenvalue weighted by atomic mass is 10.1. The Morgan fingerprint density at radius 1 is 1.57 bits per heavy atom. The van der Waals surface area contributed by atoms with E-state index in [1.165, 1.54) is 0 Å². The molecule has 0 aliphatic carbocycles. The van der Waals surface area contributed by atoms with Gasteiger partial charge >= 0.3 is 5.69 Å². The number of nitrogens with zero attached hydrogens (tertiary/aromatic N) is 2. The average molecular weight is 305 g/mol. The van der Waals surface area contributed by atoms with Crippen molar-refractivity contribution in [2.24, 2.45) is 0 Å². The fraction of sp³-hybridized carbons (Fsp3) is 0.500. The topological polar surface area (TPSA) is 90.4 Å². The van der Waals surface area contributed by atoms with E-state index >= 15 is 0 Å². The summed E-state index contributed by atoms with van der Waals surface area (Å²) in [5, 5.41) is 8.98. The van der Waals surface area contributed by atoms with Crippen LogP contribution in [0.2, 0.25) is 0 Å². The standard InChI is InChI=1S/C12H14F3N3O3/c13-2-1-6-4-18(12(20)17-10(6)16)11-7(3-14)9(15)8(5-19)21-11/h3-4,8-9,11,19H,1-2,5H2,(H2,16,17,20). The molecule has 0 amide bonds. The summed E-state index contributed by atoms with van der Waals surface area (Å²) in [5.41, 5.74) is 4.38. The quantitative estimate of drug-likeness (QED) is 0.841. The average Bonchev–Trinajstić information content (AvgIpc) is 2.78. The Hall–Kier alpha value is -1.87. The molecule has 0 bridgehead atoms. The number of aromatic nitrogens is 2. The molecule has 2 rings (SSSR count). The second kappa shape index (κ2) is 6.27. The molecule has 2 heterocycles. The molecule has 3 N–H and O–H groups in total. The lowest BCUT2D eigenvalue weighted by Gasteiger charge is -2.16. The number of ether oxygens (including phenoxy) is 1. The van der Waals surface area contributed by atoms with Crippen LogP contribution in [0, 0.1) is 0 Å². The van der Waals surface area contributed by atoms with Crippen molar-refractivity contribution in [2.75, 3.05) is 19.0 Å². The van der Waals surface area contributed by atoms with E-state index in [0.29, 0.717) is 0 Å². The summed E-state index contributed by atoms with van der Waals surface area (Å²) in [6, 6.07) is 0. The number of aliphatic hydroxyl groups excluding tert-OH is 1. The van der Waals surface area contributed by atoms with Gasteiger partial charge in [0.05, 0.1) is 19.6 Å². The number of nitrogen functional groups attached to an aromatic ring is 1. The summed E-state index contributed by atoms with van der Waals surface area (Å²) in [6.45, 7) is -1.41. The van der Waals surface area contributed by atoms with E-state index in [2.05, 4.69) is 4.98 Å². The normalized spacial score (nSPS) is 27.4. The van der Waals surface area contributed by atoms with Crippen molar-refractivity contribution in [3.05, 3.63) is 34.1 Å². The van der Waals surface area contributed by atoms with E-state index in [1.54, 1.807) is 0 Å². The van der Waals surface area contributed by atoms with E-state index in [1.807, 2.05) is 0 Å². The molecule has 1 fully saturated rings. The van der Waals surface area contributed by atoms with Gasteiger partial charge in [0.2, 0.25) is 0 Å². The zero-order valence-electron chi connectivity index (χ0n) is 10.9. The van der Waals surface area contributed by atoms with Crippen LogP contribution in [0.25, 0.3) is 0 Å². The largest absolute Gasteiger partial charge is 0.394 e. The molecule has 6 nitrogen and oxygen atoms in total. The van der Waals surface area contributed by atoms with E-state index in [-0.39, 0.29) is 24.1 Å². The molecule has 1 aliphatic rings. The molecule has 0 spiro atoms. The third-order valence-corrected chi connectivity index (χ3v) is 3.22. The molecule has 3 unspecified atom stereocenters. The molecule has 1 aromatic rings. The second-order valence-corrected chi connectivity index (χ2v) is 4.50. The maximum atomic E-state index is 13.8. The summed E-state index contributed by atoms with van der Waals surface area (Å²) in [7, 11) is 0. The molecular weight excluding hydrogens is 291 g/mol. The monoisotopic (exact) mass is 305 g/mol. The van der Waals surface area contributed by atoms with Crippen LogP contribution in [0.3, 0.4) is 0 Å². The van der Waals surface area contributed by atoms with Crippen LogP contribution in [-0.2, 0) is 11.2 Å². The number of hydrogen-bond acceptors (Lipinski definition) is 5. The highest BCUT2D eigenvalue weighted by Gasteiger charge is 2.41. The molecule has 9 heteroatoms. The lowest BCUT2D eigenvalue weighted by molar-refractivity contribution is -0.0322. The Balaban J connectivity index is 2.46. The van der Waals surface area contributed by atoms with Gasteiger partial charge in [0.15, 0.2) is 12.4 Å². The first-order chi connectivity index (χ1) is 10.0. The van der Waals surface area contributed by atoms with Gasteiger partial charge in [0, 0.05) is 23.8 Å². The van der Waals surface area contributed by atoms with Crippen molar-refractivity contribution in [2.45, 2.75) is 24.9 Å². The van der Waals surface area contributed by atoms with Crippen LogP contribution in [0.4, 0.5) is 19.0 Å². The highest BCUT2D eigenvalue weighted by molar-refractivity contribution is 5.37. The number of alkyl halides is 2. The van der Waals surface area contributed by atoms with Crippen molar-refractivity contribution in [1.82, 2.24) is 9.55 Å². The third kappa shape index (κ3) is 2.79. The Kier molecular flexibility index (Phi) is 4.63. The molecule has 0 aromatic carbocycles. The molecule has 21 heavy (non-hydrogen) atoms.